The number of thioether (sulfide) groups is 1. The van der Waals surface area contributed by atoms with Crippen molar-refractivity contribution in [2.24, 2.45) is 11.3 Å². The number of aliphatic hydroxyl groups is 1. The molecule has 2 aliphatic rings. The fourth-order valence-corrected chi connectivity index (χ4v) is 4.09. The first-order valence-electron chi connectivity index (χ1n) is 5.45. The summed E-state index contributed by atoms with van der Waals surface area (Å²) in [5.74, 6) is 1.80. The Balaban J connectivity index is 2.22. The number of rotatable bonds is 2. The summed E-state index contributed by atoms with van der Waals surface area (Å²) in [6.45, 7) is 2.02. The molecule has 0 spiro atoms. The zero-order chi connectivity index (χ0) is 11.1. The van der Waals surface area contributed by atoms with E-state index in [2.05, 4.69) is 0 Å². The molecule has 86 valence electrons. The number of ether oxygens (including phenoxy) is 1. The van der Waals surface area contributed by atoms with E-state index in [0.29, 0.717) is 5.75 Å². The second-order valence-corrected chi connectivity index (χ2v) is 5.86. The summed E-state index contributed by atoms with van der Waals surface area (Å²) < 4.78 is 4.86. The first kappa shape index (κ1) is 11.3. The first-order chi connectivity index (χ1) is 7.07. The quantitative estimate of drug-likeness (QED) is 0.729. The van der Waals surface area contributed by atoms with E-state index in [9.17, 15) is 9.90 Å². The molecule has 0 amide bonds. The molecule has 0 aromatic carbocycles. The van der Waals surface area contributed by atoms with Crippen LogP contribution in [0.3, 0.4) is 0 Å². The van der Waals surface area contributed by atoms with Crippen molar-refractivity contribution in [1.29, 1.82) is 0 Å². The summed E-state index contributed by atoms with van der Waals surface area (Å²) in [6, 6.07) is 0. The number of carbonyl (C=O) groups excluding carboxylic acids is 1. The van der Waals surface area contributed by atoms with E-state index in [1.807, 2.05) is 6.92 Å². The minimum Gasteiger partial charge on any atom is -0.468 e. The molecule has 1 saturated heterocycles. The molecule has 0 aromatic rings. The van der Waals surface area contributed by atoms with Crippen LogP contribution in [0, 0.1) is 11.3 Å². The summed E-state index contributed by atoms with van der Waals surface area (Å²) in [4.78, 5) is 11.8. The summed E-state index contributed by atoms with van der Waals surface area (Å²) in [5, 5.41) is 10.6. The van der Waals surface area contributed by atoms with Crippen LogP contribution in [0.2, 0.25) is 0 Å². The Hall–Kier alpha value is -0.220. The van der Waals surface area contributed by atoms with Crippen LogP contribution < -0.4 is 0 Å². The maximum atomic E-state index is 11.8. The number of hydrogen-bond donors (Lipinski definition) is 1. The number of carbonyl (C=O) groups is 1. The van der Waals surface area contributed by atoms with Crippen molar-refractivity contribution in [2.45, 2.75) is 31.8 Å². The number of esters is 1. The van der Waals surface area contributed by atoms with Gasteiger partial charge in [-0.2, -0.15) is 11.8 Å². The van der Waals surface area contributed by atoms with E-state index >= 15 is 0 Å². The second-order valence-electron chi connectivity index (χ2n) is 4.76. The lowest BCUT2D eigenvalue weighted by molar-refractivity contribution is -0.159. The van der Waals surface area contributed by atoms with E-state index < -0.39 is 11.0 Å². The molecular formula is C11H18O3S. The minimum absolute atomic E-state index is 0.222. The molecule has 15 heavy (non-hydrogen) atoms. The van der Waals surface area contributed by atoms with Crippen molar-refractivity contribution in [2.75, 3.05) is 18.6 Å². The molecule has 1 N–H and O–H groups in total. The molecule has 4 heteroatoms. The lowest BCUT2D eigenvalue weighted by Crippen LogP contribution is -2.49. The third-order valence-corrected chi connectivity index (χ3v) is 5.17. The van der Waals surface area contributed by atoms with Crippen LogP contribution in [0.5, 0.6) is 0 Å². The highest BCUT2D eigenvalue weighted by atomic mass is 32.2. The highest BCUT2D eigenvalue weighted by Gasteiger charge is 2.69. The highest BCUT2D eigenvalue weighted by molar-refractivity contribution is 7.99. The van der Waals surface area contributed by atoms with Gasteiger partial charge >= 0.3 is 5.97 Å². The standard InChI is InChI=1S/C11H18O3S/c1-8-6-11(8,9(12)14-2)10(13)4-3-5-15-7-10/h8,13H,3-7H2,1-2H3. The molecule has 1 saturated carbocycles. The van der Waals surface area contributed by atoms with Gasteiger partial charge in [0, 0.05) is 5.75 Å². The zero-order valence-corrected chi connectivity index (χ0v) is 10.1. The molecule has 2 rings (SSSR count). The predicted octanol–water partition coefficient (Wildman–Crippen LogP) is 1.44. The molecule has 0 radical (unpaired) electrons. The summed E-state index contributed by atoms with van der Waals surface area (Å²) >= 11 is 1.74. The minimum atomic E-state index is -0.831. The molecule has 3 unspecified atom stereocenters. The van der Waals surface area contributed by atoms with Crippen molar-refractivity contribution in [3.63, 3.8) is 0 Å². The van der Waals surface area contributed by atoms with Crippen LogP contribution in [-0.2, 0) is 9.53 Å². The SMILES string of the molecule is COC(=O)C1(C2(O)CCCSC2)CC1C. The lowest BCUT2D eigenvalue weighted by Gasteiger charge is -2.38. The van der Waals surface area contributed by atoms with E-state index in [1.54, 1.807) is 11.8 Å². The van der Waals surface area contributed by atoms with E-state index in [4.69, 9.17) is 4.74 Å². The maximum Gasteiger partial charge on any atom is 0.315 e. The third-order valence-electron chi connectivity index (χ3n) is 3.91. The van der Waals surface area contributed by atoms with Gasteiger partial charge in [0.2, 0.25) is 0 Å². The van der Waals surface area contributed by atoms with Crippen LogP contribution in [-0.4, -0.2) is 35.3 Å². The van der Waals surface area contributed by atoms with Gasteiger partial charge < -0.3 is 9.84 Å². The van der Waals surface area contributed by atoms with Gasteiger partial charge in [0.25, 0.3) is 0 Å². The average Bonchev–Trinajstić information content (AvgIpc) is 2.92. The molecule has 3 atom stereocenters. The van der Waals surface area contributed by atoms with Crippen LogP contribution >= 0.6 is 11.8 Å². The van der Waals surface area contributed by atoms with Crippen LogP contribution in [0.4, 0.5) is 0 Å². The lowest BCUT2D eigenvalue weighted by atomic mass is 9.80. The Kier molecular flexibility index (Phi) is 2.75. The molecule has 2 fully saturated rings. The molecule has 0 bridgehead atoms. The topological polar surface area (TPSA) is 46.5 Å². The van der Waals surface area contributed by atoms with Gasteiger partial charge in [-0.25, -0.2) is 0 Å². The van der Waals surface area contributed by atoms with Crippen molar-refractivity contribution in [1.82, 2.24) is 0 Å². The Morgan fingerprint density at radius 2 is 2.27 bits per heavy atom. The van der Waals surface area contributed by atoms with Crippen LogP contribution in [0.25, 0.3) is 0 Å². The molecule has 1 aliphatic carbocycles. The smallest absolute Gasteiger partial charge is 0.315 e. The summed E-state index contributed by atoms with van der Waals surface area (Å²) in [7, 11) is 1.41. The van der Waals surface area contributed by atoms with Crippen molar-refractivity contribution in [3.05, 3.63) is 0 Å². The normalized spacial score (nSPS) is 44.9. The molecular weight excluding hydrogens is 212 g/mol. The molecule has 0 aromatic heterocycles. The fraction of sp³-hybridized carbons (Fsp3) is 0.909. The third kappa shape index (κ3) is 1.49. The van der Waals surface area contributed by atoms with Crippen LogP contribution in [0.1, 0.15) is 26.2 Å². The van der Waals surface area contributed by atoms with Gasteiger partial charge in [0.1, 0.15) is 5.41 Å². The average molecular weight is 230 g/mol. The first-order valence-corrected chi connectivity index (χ1v) is 6.61. The Bertz CT molecular complexity index is 273. The molecule has 1 aliphatic heterocycles. The monoisotopic (exact) mass is 230 g/mol. The maximum absolute atomic E-state index is 11.8. The fourth-order valence-electron chi connectivity index (χ4n) is 2.86. The van der Waals surface area contributed by atoms with Gasteiger partial charge in [0.05, 0.1) is 12.7 Å². The Morgan fingerprint density at radius 1 is 1.60 bits per heavy atom. The molecule has 1 heterocycles. The predicted molar refractivity (Wildman–Crippen MR) is 59.7 cm³/mol. The number of methoxy groups -OCH3 is 1. The van der Waals surface area contributed by atoms with Crippen molar-refractivity contribution >= 4 is 17.7 Å². The van der Waals surface area contributed by atoms with E-state index in [1.165, 1.54) is 7.11 Å². The van der Waals surface area contributed by atoms with Gasteiger partial charge in [-0.15, -0.1) is 0 Å². The summed E-state index contributed by atoms with van der Waals surface area (Å²) in [5.41, 5.74) is -1.43. The van der Waals surface area contributed by atoms with Gasteiger partial charge in [0.15, 0.2) is 0 Å². The molecule has 3 nitrogen and oxygen atoms in total. The van der Waals surface area contributed by atoms with Gasteiger partial charge in [-0.1, -0.05) is 6.92 Å². The van der Waals surface area contributed by atoms with Gasteiger partial charge in [-0.3, -0.25) is 4.79 Å². The second kappa shape index (κ2) is 3.67. The number of hydrogen-bond acceptors (Lipinski definition) is 4. The van der Waals surface area contributed by atoms with Crippen LogP contribution in [0.15, 0.2) is 0 Å². The van der Waals surface area contributed by atoms with E-state index in [-0.39, 0.29) is 11.9 Å². The van der Waals surface area contributed by atoms with E-state index in [0.717, 1.165) is 25.0 Å². The van der Waals surface area contributed by atoms with Crippen molar-refractivity contribution in [3.8, 4) is 0 Å². The largest absolute Gasteiger partial charge is 0.468 e. The van der Waals surface area contributed by atoms with Crippen molar-refractivity contribution < 1.29 is 14.6 Å². The zero-order valence-electron chi connectivity index (χ0n) is 9.28. The Labute approximate surface area is 94.6 Å². The summed E-state index contributed by atoms with van der Waals surface area (Å²) in [6.07, 6.45) is 2.50. The highest BCUT2D eigenvalue weighted by Crippen LogP contribution is 2.62. The van der Waals surface area contributed by atoms with Gasteiger partial charge in [-0.05, 0) is 30.9 Å². The Morgan fingerprint density at radius 3 is 2.67 bits per heavy atom.